The first-order valence-corrected chi connectivity index (χ1v) is 7.08. The normalized spacial score (nSPS) is 19.5. The van der Waals surface area contributed by atoms with Crippen LogP contribution in [0.3, 0.4) is 0 Å². The van der Waals surface area contributed by atoms with Crippen LogP contribution in [-0.2, 0) is 9.53 Å². The number of likely N-dealkylation sites (tertiary alicyclic amines) is 1. The van der Waals surface area contributed by atoms with Crippen molar-refractivity contribution in [1.29, 1.82) is 0 Å². The second-order valence-corrected chi connectivity index (χ2v) is 5.23. The van der Waals surface area contributed by atoms with E-state index in [1.165, 1.54) is 6.07 Å². The van der Waals surface area contributed by atoms with E-state index < -0.39 is 11.6 Å². The van der Waals surface area contributed by atoms with E-state index in [0.717, 1.165) is 38.1 Å². The highest BCUT2D eigenvalue weighted by Gasteiger charge is 2.19. The number of methoxy groups -OCH3 is 1. The minimum atomic E-state index is -0.966. The van der Waals surface area contributed by atoms with Crippen molar-refractivity contribution in [1.82, 2.24) is 4.90 Å². The van der Waals surface area contributed by atoms with E-state index >= 15 is 0 Å². The number of benzene rings is 1. The highest BCUT2D eigenvalue weighted by molar-refractivity contribution is 5.90. The van der Waals surface area contributed by atoms with Gasteiger partial charge >= 0.3 is 0 Å². The summed E-state index contributed by atoms with van der Waals surface area (Å²) in [5.41, 5.74) is 0.271. The molecule has 1 saturated heterocycles. The van der Waals surface area contributed by atoms with Crippen molar-refractivity contribution in [2.75, 3.05) is 32.1 Å². The lowest BCUT2D eigenvalue weighted by Gasteiger charge is -2.31. The first-order chi connectivity index (χ1) is 10.1. The maximum Gasteiger partial charge on any atom is 0.225 e. The molecule has 0 aliphatic carbocycles. The molecular weight excluding hydrogens is 278 g/mol. The Morgan fingerprint density at radius 2 is 2.24 bits per heavy atom. The molecule has 1 aromatic carbocycles. The summed E-state index contributed by atoms with van der Waals surface area (Å²) in [5.74, 6) is -2.10. The Labute approximate surface area is 123 Å². The van der Waals surface area contributed by atoms with Crippen LogP contribution >= 0.6 is 0 Å². The van der Waals surface area contributed by atoms with Gasteiger partial charge < -0.3 is 15.0 Å². The van der Waals surface area contributed by atoms with Crippen LogP contribution in [0.1, 0.15) is 19.3 Å². The zero-order chi connectivity index (χ0) is 15.2. The lowest BCUT2D eigenvalue weighted by Crippen LogP contribution is -2.40. The van der Waals surface area contributed by atoms with E-state index in [2.05, 4.69) is 10.2 Å². The smallest absolute Gasteiger partial charge is 0.225 e. The average molecular weight is 298 g/mol. The van der Waals surface area contributed by atoms with E-state index in [0.29, 0.717) is 13.0 Å². The molecule has 0 radical (unpaired) electrons. The number of carbonyl (C=O) groups is 1. The van der Waals surface area contributed by atoms with Crippen LogP contribution in [0.15, 0.2) is 18.2 Å². The second-order valence-electron chi connectivity index (χ2n) is 5.23. The molecule has 0 bridgehead atoms. The van der Waals surface area contributed by atoms with Gasteiger partial charge in [0.05, 0.1) is 6.10 Å². The first-order valence-electron chi connectivity index (χ1n) is 7.08. The molecule has 116 valence electrons. The number of nitrogens with one attached hydrogen (secondary N) is 1. The summed E-state index contributed by atoms with van der Waals surface area (Å²) in [6.45, 7) is 2.42. The number of piperidine rings is 1. The fourth-order valence-electron chi connectivity index (χ4n) is 2.47. The quantitative estimate of drug-likeness (QED) is 0.907. The topological polar surface area (TPSA) is 41.6 Å². The molecule has 1 atom stereocenters. The van der Waals surface area contributed by atoms with Gasteiger partial charge in [-0.2, -0.15) is 0 Å². The van der Waals surface area contributed by atoms with Crippen molar-refractivity contribution >= 4 is 11.6 Å². The fourth-order valence-corrected chi connectivity index (χ4v) is 2.47. The molecule has 1 N–H and O–H groups in total. The monoisotopic (exact) mass is 298 g/mol. The Bertz CT molecular complexity index is 497. The number of amides is 1. The molecule has 0 saturated carbocycles. The second kappa shape index (κ2) is 7.47. The van der Waals surface area contributed by atoms with Crippen LogP contribution in [0.5, 0.6) is 0 Å². The zero-order valence-electron chi connectivity index (χ0n) is 12.1. The minimum Gasteiger partial charge on any atom is -0.380 e. The number of carbonyl (C=O) groups excluding carboxylic acids is 1. The first kappa shape index (κ1) is 15.9. The Morgan fingerprint density at radius 3 is 2.95 bits per heavy atom. The van der Waals surface area contributed by atoms with Crippen molar-refractivity contribution in [2.45, 2.75) is 25.4 Å². The summed E-state index contributed by atoms with van der Waals surface area (Å²) in [6.07, 6.45) is 2.65. The number of hydrogen-bond acceptors (Lipinski definition) is 3. The van der Waals surface area contributed by atoms with Crippen LogP contribution in [0, 0.1) is 11.6 Å². The lowest BCUT2D eigenvalue weighted by atomic mass is 10.1. The highest BCUT2D eigenvalue weighted by atomic mass is 19.2. The average Bonchev–Trinajstić information content (AvgIpc) is 2.49. The Kier molecular flexibility index (Phi) is 5.64. The van der Waals surface area contributed by atoms with E-state index in [9.17, 15) is 13.6 Å². The molecule has 4 nitrogen and oxygen atoms in total. The predicted octanol–water partition coefficient (Wildman–Crippen LogP) is 2.40. The van der Waals surface area contributed by atoms with Crippen LogP contribution in [0.4, 0.5) is 14.5 Å². The Balaban J connectivity index is 1.78. The van der Waals surface area contributed by atoms with Gasteiger partial charge in [0.1, 0.15) is 0 Å². The molecule has 0 spiro atoms. The SMILES string of the molecule is COC1CCCN(CCC(=O)Nc2ccc(F)c(F)c2)C1. The van der Waals surface area contributed by atoms with Gasteiger partial charge in [-0.1, -0.05) is 0 Å². The molecule has 1 aromatic rings. The van der Waals surface area contributed by atoms with Gasteiger partial charge in [0.25, 0.3) is 0 Å². The Hall–Kier alpha value is -1.53. The summed E-state index contributed by atoms with van der Waals surface area (Å²) in [6, 6.07) is 3.33. The summed E-state index contributed by atoms with van der Waals surface area (Å²) in [4.78, 5) is 14.0. The molecule has 1 fully saturated rings. The van der Waals surface area contributed by atoms with Gasteiger partial charge in [-0.05, 0) is 31.5 Å². The van der Waals surface area contributed by atoms with Gasteiger partial charge in [0.2, 0.25) is 5.91 Å². The third-order valence-corrected chi connectivity index (χ3v) is 3.65. The molecule has 1 aliphatic heterocycles. The number of anilines is 1. The van der Waals surface area contributed by atoms with Crippen molar-refractivity contribution in [3.05, 3.63) is 29.8 Å². The molecule has 1 aliphatic rings. The van der Waals surface area contributed by atoms with Crippen molar-refractivity contribution in [3.63, 3.8) is 0 Å². The number of ether oxygens (including phenoxy) is 1. The van der Waals surface area contributed by atoms with Gasteiger partial charge in [-0.15, -0.1) is 0 Å². The lowest BCUT2D eigenvalue weighted by molar-refractivity contribution is -0.116. The van der Waals surface area contributed by atoms with Crippen LogP contribution in [0.25, 0.3) is 0 Å². The highest BCUT2D eigenvalue weighted by Crippen LogP contribution is 2.15. The largest absolute Gasteiger partial charge is 0.380 e. The number of hydrogen-bond donors (Lipinski definition) is 1. The van der Waals surface area contributed by atoms with Gasteiger partial charge in [-0.25, -0.2) is 8.78 Å². The van der Waals surface area contributed by atoms with Crippen molar-refractivity contribution in [3.8, 4) is 0 Å². The van der Waals surface area contributed by atoms with E-state index in [4.69, 9.17) is 4.74 Å². The summed E-state index contributed by atoms with van der Waals surface area (Å²) < 4.78 is 31.2. The molecule has 0 aromatic heterocycles. The zero-order valence-corrected chi connectivity index (χ0v) is 12.1. The van der Waals surface area contributed by atoms with Gasteiger partial charge in [0.15, 0.2) is 11.6 Å². The van der Waals surface area contributed by atoms with Crippen LogP contribution < -0.4 is 5.32 Å². The van der Waals surface area contributed by atoms with Crippen molar-refractivity contribution in [2.24, 2.45) is 0 Å². The predicted molar refractivity (Wildman–Crippen MR) is 76.1 cm³/mol. The fraction of sp³-hybridized carbons (Fsp3) is 0.533. The molecule has 21 heavy (non-hydrogen) atoms. The maximum absolute atomic E-state index is 13.0. The van der Waals surface area contributed by atoms with Crippen LogP contribution in [-0.4, -0.2) is 43.7 Å². The summed E-state index contributed by atoms with van der Waals surface area (Å²) >= 11 is 0. The molecule has 2 rings (SSSR count). The molecular formula is C15H20F2N2O2. The van der Waals surface area contributed by atoms with Gasteiger partial charge in [0, 0.05) is 38.4 Å². The third kappa shape index (κ3) is 4.75. The Morgan fingerprint density at radius 1 is 1.43 bits per heavy atom. The van der Waals surface area contributed by atoms with Crippen molar-refractivity contribution < 1.29 is 18.3 Å². The van der Waals surface area contributed by atoms with E-state index in [-0.39, 0.29) is 17.7 Å². The third-order valence-electron chi connectivity index (χ3n) is 3.65. The van der Waals surface area contributed by atoms with E-state index in [1.807, 2.05) is 0 Å². The van der Waals surface area contributed by atoms with Gasteiger partial charge in [-0.3, -0.25) is 4.79 Å². The number of nitrogens with zero attached hydrogens (tertiary/aromatic N) is 1. The van der Waals surface area contributed by atoms with Crippen LogP contribution in [0.2, 0.25) is 0 Å². The van der Waals surface area contributed by atoms with E-state index in [1.54, 1.807) is 7.11 Å². The molecule has 6 heteroatoms. The number of halogens is 2. The molecule has 1 heterocycles. The summed E-state index contributed by atoms with van der Waals surface area (Å²) in [7, 11) is 1.70. The standard InChI is InChI=1S/C15H20F2N2O2/c1-21-12-3-2-7-19(10-12)8-6-15(20)18-11-4-5-13(16)14(17)9-11/h4-5,9,12H,2-3,6-8,10H2,1H3,(H,18,20). The maximum atomic E-state index is 13.0. The molecule has 1 unspecified atom stereocenters. The minimum absolute atomic E-state index is 0.208. The number of rotatable bonds is 5. The molecule has 1 amide bonds. The summed E-state index contributed by atoms with van der Waals surface area (Å²) in [5, 5.41) is 2.57.